The van der Waals surface area contributed by atoms with E-state index in [-0.39, 0.29) is 11.9 Å². The quantitative estimate of drug-likeness (QED) is 0.850. The van der Waals surface area contributed by atoms with Gasteiger partial charge in [0, 0.05) is 19.7 Å². The van der Waals surface area contributed by atoms with Gasteiger partial charge in [-0.15, -0.1) is 0 Å². The summed E-state index contributed by atoms with van der Waals surface area (Å²) >= 11 is 0. The van der Waals surface area contributed by atoms with Gasteiger partial charge in [0.2, 0.25) is 5.88 Å². The Balaban J connectivity index is 1.99. The standard InChI is InChI=1S/C15H18FN3O2/c1-3-21-15-8-14(18-10-19-15)17-9-13(20-2)11-4-6-12(16)7-5-11/h4-8,10,13H,3,9H2,1-2H3,(H,17,18,19). The lowest BCUT2D eigenvalue weighted by molar-refractivity contribution is 0.114. The first-order valence-corrected chi connectivity index (χ1v) is 6.70. The van der Waals surface area contributed by atoms with Crippen LogP contribution in [0, 0.1) is 5.82 Å². The molecule has 0 aliphatic carbocycles. The molecule has 0 saturated carbocycles. The lowest BCUT2D eigenvalue weighted by Gasteiger charge is -2.17. The number of rotatable bonds is 7. The van der Waals surface area contributed by atoms with Crippen LogP contribution >= 0.6 is 0 Å². The zero-order chi connectivity index (χ0) is 15.1. The number of ether oxygens (including phenoxy) is 2. The smallest absolute Gasteiger partial charge is 0.218 e. The molecule has 1 heterocycles. The topological polar surface area (TPSA) is 56.3 Å². The maximum absolute atomic E-state index is 12.9. The predicted molar refractivity (Wildman–Crippen MR) is 77.8 cm³/mol. The fourth-order valence-electron chi connectivity index (χ4n) is 1.87. The third-order valence-corrected chi connectivity index (χ3v) is 2.93. The molecule has 0 saturated heterocycles. The largest absolute Gasteiger partial charge is 0.478 e. The third-order valence-electron chi connectivity index (χ3n) is 2.93. The number of halogens is 1. The Morgan fingerprint density at radius 2 is 2.00 bits per heavy atom. The summed E-state index contributed by atoms with van der Waals surface area (Å²) in [4.78, 5) is 8.12. The monoisotopic (exact) mass is 291 g/mol. The molecule has 0 fully saturated rings. The van der Waals surface area contributed by atoms with E-state index in [9.17, 15) is 4.39 Å². The van der Waals surface area contributed by atoms with Gasteiger partial charge in [0.15, 0.2) is 0 Å². The van der Waals surface area contributed by atoms with E-state index in [1.807, 2.05) is 6.92 Å². The zero-order valence-electron chi connectivity index (χ0n) is 12.0. The molecule has 0 amide bonds. The van der Waals surface area contributed by atoms with Gasteiger partial charge in [-0.3, -0.25) is 0 Å². The number of anilines is 1. The van der Waals surface area contributed by atoms with Crippen molar-refractivity contribution >= 4 is 5.82 Å². The molecule has 1 atom stereocenters. The molecule has 21 heavy (non-hydrogen) atoms. The van der Waals surface area contributed by atoms with Gasteiger partial charge in [0.05, 0.1) is 12.7 Å². The van der Waals surface area contributed by atoms with Gasteiger partial charge in [0.1, 0.15) is 18.0 Å². The number of hydrogen-bond donors (Lipinski definition) is 1. The summed E-state index contributed by atoms with van der Waals surface area (Å²) in [6, 6.07) is 7.97. The maximum Gasteiger partial charge on any atom is 0.218 e. The van der Waals surface area contributed by atoms with E-state index in [0.717, 1.165) is 5.56 Å². The maximum atomic E-state index is 12.9. The van der Waals surface area contributed by atoms with Crippen LogP contribution in [0.15, 0.2) is 36.7 Å². The van der Waals surface area contributed by atoms with E-state index in [2.05, 4.69) is 15.3 Å². The van der Waals surface area contributed by atoms with Crippen LogP contribution in [0.2, 0.25) is 0 Å². The zero-order valence-corrected chi connectivity index (χ0v) is 12.0. The van der Waals surface area contributed by atoms with Crippen molar-refractivity contribution in [1.82, 2.24) is 9.97 Å². The molecular weight excluding hydrogens is 273 g/mol. The summed E-state index contributed by atoms with van der Waals surface area (Å²) in [5, 5.41) is 3.16. The Bertz CT molecular complexity index is 563. The van der Waals surface area contributed by atoms with Gasteiger partial charge in [-0.2, -0.15) is 0 Å². The molecule has 112 valence electrons. The number of methoxy groups -OCH3 is 1. The van der Waals surface area contributed by atoms with E-state index in [1.54, 1.807) is 25.3 Å². The normalized spacial score (nSPS) is 12.0. The summed E-state index contributed by atoms with van der Waals surface area (Å²) in [6.45, 7) is 2.95. The second-order valence-corrected chi connectivity index (χ2v) is 4.33. The third kappa shape index (κ3) is 4.39. The highest BCUT2D eigenvalue weighted by atomic mass is 19.1. The van der Waals surface area contributed by atoms with Crippen molar-refractivity contribution in [2.24, 2.45) is 0 Å². The number of benzene rings is 1. The SMILES string of the molecule is CCOc1cc(NCC(OC)c2ccc(F)cc2)ncn1. The van der Waals surface area contributed by atoms with Crippen LogP contribution < -0.4 is 10.1 Å². The highest BCUT2D eigenvalue weighted by Crippen LogP contribution is 2.18. The van der Waals surface area contributed by atoms with Crippen molar-refractivity contribution in [1.29, 1.82) is 0 Å². The van der Waals surface area contributed by atoms with Crippen LogP contribution in [0.5, 0.6) is 5.88 Å². The van der Waals surface area contributed by atoms with Crippen LogP contribution in [-0.2, 0) is 4.74 Å². The predicted octanol–water partition coefficient (Wildman–Crippen LogP) is 2.81. The Kier molecular flexibility index (Phi) is 5.45. The molecule has 0 spiro atoms. The lowest BCUT2D eigenvalue weighted by atomic mass is 10.1. The molecule has 2 aromatic rings. The summed E-state index contributed by atoms with van der Waals surface area (Å²) in [7, 11) is 1.61. The molecule has 0 aliphatic heterocycles. The van der Waals surface area contributed by atoms with Gasteiger partial charge in [-0.05, 0) is 24.6 Å². The molecule has 0 aliphatic rings. The number of hydrogen-bond acceptors (Lipinski definition) is 5. The van der Waals surface area contributed by atoms with Crippen LogP contribution in [0.25, 0.3) is 0 Å². The van der Waals surface area contributed by atoms with Gasteiger partial charge in [-0.1, -0.05) is 12.1 Å². The van der Waals surface area contributed by atoms with Crippen molar-refractivity contribution in [3.8, 4) is 5.88 Å². The van der Waals surface area contributed by atoms with E-state index >= 15 is 0 Å². The molecular formula is C15H18FN3O2. The van der Waals surface area contributed by atoms with Gasteiger partial charge >= 0.3 is 0 Å². The number of nitrogens with one attached hydrogen (secondary N) is 1. The second-order valence-electron chi connectivity index (χ2n) is 4.33. The van der Waals surface area contributed by atoms with Crippen molar-refractivity contribution in [3.63, 3.8) is 0 Å². The van der Waals surface area contributed by atoms with Crippen LogP contribution in [0.4, 0.5) is 10.2 Å². The average Bonchev–Trinajstić information content (AvgIpc) is 2.50. The minimum absolute atomic E-state index is 0.198. The first-order chi connectivity index (χ1) is 10.2. The Morgan fingerprint density at radius 3 is 2.67 bits per heavy atom. The Labute approximate surface area is 123 Å². The van der Waals surface area contributed by atoms with Crippen LogP contribution in [0.3, 0.4) is 0 Å². The highest BCUT2D eigenvalue weighted by molar-refractivity contribution is 5.37. The summed E-state index contributed by atoms with van der Waals surface area (Å²) in [5.74, 6) is 0.905. The van der Waals surface area contributed by atoms with Crippen molar-refractivity contribution in [3.05, 3.63) is 48.0 Å². The lowest BCUT2D eigenvalue weighted by Crippen LogP contribution is -2.15. The van der Waals surface area contributed by atoms with E-state index < -0.39 is 0 Å². The first kappa shape index (κ1) is 15.2. The van der Waals surface area contributed by atoms with Crippen molar-refractivity contribution < 1.29 is 13.9 Å². The summed E-state index contributed by atoms with van der Waals surface area (Å²) in [5.41, 5.74) is 0.894. The highest BCUT2D eigenvalue weighted by Gasteiger charge is 2.11. The summed E-state index contributed by atoms with van der Waals surface area (Å²) in [6.07, 6.45) is 1.24. The molecule has 6 heteroatoms. The molecule has 2 rings (SSSR count). The first-order valence-electron chi connectivity index (χ1n) is 6.70. The van der Waals surface area contributed by atoms with Crippen LogP contribution in [-0.4, -0.2) is 30.2 Å². The molecule has 1 aromatic heterocycles. The van der Waals surface area contributed by atoms with Crippen LogP contribution in [0.1, 0.15) is 18.6 Å². The van der Waals surface area contributed by atoms with Crippen molar-refractivity contribution in [2.45, 2.75) is 13.0 Å². The average molecular weight is 291 g/mol. The molecule has 1 N–H and O–H groups in total. The van der Waals surface area contributed by atoms with Crippen molar-refractivity contribution in [2.75, 3.05) is 25.6 Å². The fourth-order valence-corrected chi connectivity index (χ4v) is 1.87. The van der Waals surface area contributed by atoms with Gasteiger partial charge < -0.3 is 14.8 Å². The summed E-state index contributed by atoms with van der Waals surface area (Å²) < 4.78 is 23.7. The second kappa shape index (κ2) is 7.54. The molecule has 0 radical (unpaired) electrons. The minimum Gasteiger partial charge on any atom is -0.478 e. The molecule has 5 nitrogen and oxygen atoms in total. The van der Waals surface area contributed by atoms with E-state index in [1.165, 1.54) is 18.5 Å². The fraction of sp³-hybridized carbons (Fsp3) is 0.333. The molecule has 0 bridgehead atoms. The molecule has 1 unspecified atom stereocenters. The number of nitrogens with zero attached hydrogens (tertiary/aromatic N) is 2. The molecule has 1 aromatic carbocycles. The Hall–Kier alpha value is -2.21. The van der Waals surface area contributed by atoms with E-state index in [4.69, 9.17) is 9.47 Å². The van der Waals surface area contributed by atoms with E-state index in [0.29, 0.717) is 24.8 Å². The minimum atomic E-state index is -0.265. The van der Waals surface area contributed by atoms with Gasteiger partial charge in [0.25, 0.3) is 0 Å². The Morgan fingerprint density at radius 1 is 1.24 bits per heavy atom. The van der Waals surface area contributed by atoms with Gasteiger partial charge in [-0.25, -0.2) is 14.4 Å². The number of aromatic nitrogens is 2.